The van der Waals surface area contributed by atoms with Gasteiger partial charge in [0.15, 0.2) is 0 Å². The average Bonchev–Trinajstić information content (AvgIpc) is 2.41. The van der Waals surface area contributed by atoms with Gasteiger partial charge in [-0.15, -0.1) is 0 Å². The lowest BCUT2D eigenvalue weighted by Gasteiger charge is -2.12. The Morgan fingerprint density at radius 3 is 2.67 bits per heavy atom. The largest absolute Gasteiger partial charge is 0.456 e. The van der Waals surface area contributed by atoms with Crippen LogP contribution in [0.3, 0.4) is 0 Å². The van der Waals surface area contributed by atoms with Crippen LogP contribution >= 0.6 is 15.9 Å². The average molecular weight is 349 g/mol. The maximum atomic E-state index is 5.82. The Hall–Kier alpha value is -1.39. The fourth-order valence-electron chi connectivity index (χ4n) is 2.01. The van der Waals surface area contributed by atoms with Gasteiger partial charge in [-0.2, -0.15) is 0 Å². The summed E-state index contributed by atoms with van der Waals surface area (Å²) >= 11 is 3.39. The molecule has 4 heteroatoms. The molecule has 0 saturated carbocycles. The van der Waals surface area contributed by atoms with Gasteiger partial charge in [0.05, 0.1) is 6.20 Å². The first-order valence-electron chi connectivity index (χ1n) is 7.13. The molecule has 21 heavy (non-hydrogen) atoms. The molecular weight excluding hydrogens is 328 g/mol. The molecule has 1 heterocycles. The van der Waals surface area contributed by atoms with E-state index in [0.717, 1.165) is 29.1 Å². The van der Waals surface area contributed by atoms with E-state index in [9.17, 15) is 0 Å². The third-order valence-corrected chi connectivity index (χ3v) is 3.53. The third kappa shape index (κ3) is 5.14. The summed E-state index contributed by atoms with van der Waals surface area (Å²) in [6.07, 6.45) is 3.44. The van der Waals surface area contributed by atoms with E-state index in [0.29, 0.717) is 5.92 Å². The first-order valence-corrected chi connectivity index (χ1v) is 7.92. The first-order chi connectivity index (χ1) is 10.0. The highest BCUT2D eigenvalue weighted by molar-refractivity contribution is 9.10. The number of hydrogen-bond donors (Lipinski definition) is 1. The number of ether oxygens (including phenoxy) is 1. The summed E-state index contributed by atoms with van der Waals surface area (Å²) in [5.41, 5.74) is 2.53. The highest BCUT2D eigenvalue weighted by Gasteiger charge is 2.03. The van der Waals surface area contributed by atoms with Gasteiger partial charge in [0.25, 0.3) is 0 Å². The minimum Gasteiger partial charge on any atom is -0.456 e. The van der Waals surface area contributed by atoms with Crippen LogP contribution < -0.4 is 10.1 Å². The van der Waals surface area contributed by atoms with Crippen LogP contribution in [-0.2, 0) is 6.54 Å². The molecule has 1 aromatic heterocycles. The predicted molar refractivity (Wildman–Crippen MR) is 89.7 cm³/mol. The topological polar surface area (TPSA) is 34.1 Å². The molecule has 0 atom stereocenters. The van der Waals surface area contributed by atoms with Gasteiger partial charge >= 0.3 is 0 Å². The second-order valence-electron chi connectivity index (χ2n) is 5.55. The number of halogens is 1. The monoisotopic (exact) mass is 348 g/mol. The molecule has 1 aromatic carbocycles. The molecule has 0 bridgehead atoms. The van der Waals surface area contributed by atoms with Crippen molar-refractivity contribution in [3.8, 4) is 11.5 Å². The van der Waals surface area contributed by atoms with Gasteiger partial charge in [0.2, 0.25) is 0 Å². The van der Waals surface area contributed by atoms with Crippen LogP contribution in [0.1, 0.15) is 25.0 Å². The zero-order valence-corrected chi connectivity index (χ0v) is 14.3. The van der Waals surface area contributed by atoms with Crippen LogP contribution in [-0.4, -0.2) is 11.5 Å². The molecule has 1 N–H and O–H groups in total. The number of benzene rings is 1. The molecule has 0 spiro atoms. The highest BCUT2D eigenvalue weighted by Crippen LogP contribution is 2.25. The van der Waals surface area contributed by atoms with E-state index in [4.69, 9.17) is 4.74 Å². The number of pyridine rings is 1. The van der Waals surface area contributed by atoms with E-state index in [1.165, 1.54) is 11.1 Å². The van der Waals surface area contributed by atoms with E-state index in [2.05, 4.69) is 59.1 Å². The summed E-state index contributed by atoms with van der Waals surface area (Å²) in [5, 5.41) is 3.46. The van der Waals surface area contributed by atoms with Crippen molar-refractivity contribution >= 4 is 15.9 Å². The number of hydrogen-bond acceptors (Lipinski definition) is 3. The molecule has 0 radical (unpaired) electrons. The molecule has 3 nitrogen and oxygen atoms in total. The number of aromatic nitrogens is 1. The van der Waals surface area contributed by atoms with Crippen LogP contribution in [0.25, 0.3) is 0 Å². The Balaban J connectivity index is 2.01. The Labute approximate surface area is 134 Å². The van der Waals surface area contributed by atoms with Gasteiger partial charge < -0.3 is 10.1 Å². The van der Waals surface area contributed by atoms with Crippen molar-refractivity contribution in [2.45, 2.75) is 27.3 Å². The van der Waals surface area contributed by atoms with Gasteiger partial charge in [-0.3, -0.25) is 4.98 Å². The van der Waals surface area contributed by atoms with Crippen LogP contribution in [0, 0.1) is 12.8 Å². The van der Waals surface area contributed by atoms with E-state index in [-0.39, 0.29) is 0 Å². The minimum atomic E-state index is 0.664. The Kier molecular flexibility index (Phi) is 5.76. The highest BCUT2D eigenvalue weighted by atomic mass is 79.9. The van der Waals surface area contributed by atoms with Gasteiger partial charge in [-0.05, 0) is 64.6 Å². The number of aryl methyl sites for hydroxylation is 1. The molecular formula is C17H21BrN2O. The van der Waals surface area contributed by atoms with Gasteiger partial charge in [0, 0.05) is 17.2 Å². The van der Waals surface area contributed by atoms with Gasteiger partial charge in [-0.1, -0.05) is 19.9 Å². The maximum absolute atomic E-state index is 5.82. The van der Waals surface area contributed by atoms with E-state index in [1.54, 1.807) is 12.4 Å². The zero-order chi connectivity index (χ0) is 15.2. The maximum Gasteiger partial charge on any atom is 0.146 e. The summed E-state index contributed by atoms with van der Waals surface area (Å²) in [7, 11) is 0. The fraction of sp³-hybridized carbons (Fsp3) is 0.353. The van der Waals surface area contributed by atoms with E-state index in [1.807, 2.05) is 12.1 Å². The molecule has 0 unspecified atom stereocenters. The Bertz CT molecular complexity index is 599. The normalized spacial score (nSPS) is 10.9. The third-order valence-electron chi connectivity index (χ3n) is 3.10. The lowest BCUT2D eigenvalue weighted by atomic mass is 10.1. The van der Waals surface area contributed by atoms with E-state index >= 15 is 0 Å². The number of nitrogens with one attached hydrogen (secondary N) is 1. The van der Waals surface area contributed by atoms with Gasteiger partial charge in [0.1, 0.15) is 11.5 Å². The summed E-state index contributed by atoms with van der Waals surface area (Å²) in [5.74, 6) is 2.23. The molecule has 0 fully saturated rings. The molecule has 2 rings (SSSR count). The zero-order valence-electron chi connectivity index (χ0n) is 12.7. The SMILES string of the molecule is Cc1cc(Oc2cncc(Br)c2)ccc1CNCC(C)C. The van der Waals surface area contributed by atoms with Crippen LogP contribution in [0.15, 0.2) is 41.1 Å². The van der Waals surface area contributed by atoms with Crippen molar-refractivity contribution in [1.82, 2.24) is 10.3 Å². The van der Waals surface area contributed by atoms with Crippen LogP contribution in [0.5, 0.6) is 11.5 Å². The van der Waals surface area contributed by atoms with Gasteiger partial charge in [-0.25, -0.2) is 0 Å². The van der Waals surface area contributed by atoms with Crippen molar-refractivity contribution in [3.63, 3.8) is 0 Å². The molecule has 0 amide bonds. The van der Waals surface area contributed by atoms with Crippen molar-refractivity contribution in [1.29, 1.82) is 0 Å². The second-order valence-corrected chi connectivity index (χ2v) is 6.47. The summed E-state index contributed by atoms with van der Waals surface area (Å²) in [4.78, 5) is 4.10. The quantitative estimate of drug-likeness (QED) is 0.822. The molecule has 0 saturated heterocycles. The van der Waals surface area contributed by atoms with Crippen molar-refractivity contribution in [2.24, 2.45) is 5.92 Å². The summed E-state index contributed by atoms with van der Waals surface area (Å²) in [6.45, 7) is 8.45. The standard InChI is InChI=1S/C17H21BrN2O/c1-12(2)8-19-9-14-4-5-16(6-13(14)3)21-17-7-15(18)10-20-11-17/h4-7,10-12,19H,8-9H2,1-3H3. The predicted octanol–water partition coefficient (Wildman–Crippen LogP) is 4.69. The van der Waals surface area contributed by atoms with Crippen LogP contribution in [0.2, 0.25) is 0 Å². The molecule has 0 aliphatic heterocycles. The Morgan fingerprint density at radius 1 is 1.19 bits per heavy atom. The number of nitrogens with zero attached hydrogens (tertiary/aromatic N) is 1. The summed E-state index contributed by atoms with van der Waals surface area (Å²) in [6, 6.07) is 8.08. The van der Waals surface area contributed by atoms with Crippen molar-refractivity contribution in [2.75, 3.05) is 6.54 Å². The Morgan fingerprint density at radius 2 is 2.00 bits per heavy atom. The lowest BCUT2D eigenvalue weighted by Crippen LogP contribution is -2.19. The van der Waals surface area contributed by atoms with E-state index < -0.39 is 0 Å². The van der Waals surface area contributed by atoms with Crippen LogP contribution in [0.4, 0.5) is 0 Å². The number of rotatable bonds is 6. The molecule has 112 valence electrons. The summed E-state index contributed by atoms with van der Waals surface area (Å²) < 4.78 is 6.73. The first kappa shape index (κ1) is 16.0. The fourth-order valence-corrected chi connectivity index (χ4v) is 2.35. The smallest absolute Gasteiger partial charge is 0.146 e. The van der Waals surface area contributed by atoms with Crippen molar-refractivity contribution < 1.29 is 4.74 Å². The second kappa shape index (κ2) is 7.57. The molecule has 0 aliphatic carbocycles. The lowest BCUT2D eigenvalue weighted by molar-refractivity contribution is 0.479. The molecule has 2 aromatic rings. The molecule has 0 aliphatic rings. The minimum absolute atomic E-state index is 0.664. The van der Waals surface area contributed by atoms with Crippen molar-refractivity contribution in [3.05, 3.63) is 52.3 Å².